The van der Waals surface area contributed by atoms with E-state index in [9.17, 15) is 0 Å². The molecular formula is C18H31N3. The Kier molecular flexibility index (Phi) is 6.37. The van der Waals surface area contributed by atoms with Crippen molar-refractivity contribution < 1.29 is 0 Å². The van der Waals surface area contributed by atoms with Gasteiger partial charge in [0.1, 0.15) is 0 Å². The first kappa shape index (κ1) is 16.2. The molecule has 1 heterocycles. The molecule has 21 heavy (non-hydrogen) atoms. The molecule has 1 fully saturated rings. The van der Waals surface area contributed by atoms with Crippen LogP contribution in [0.15, 0.2) is 24.3 Å². The van der Waals surface area contributed by atoms with E-state index in [2.05, 4.69) is 60.2 Å². The minimum atomic E-state index is 0.760. The van der Waals surface area contributed by atoms with Crippen LogP contribution in [0.3, 0.4) is 0 Å². The molecule has 1 N–H and O–H groups in total. The summed E-state index contributed by atoms with van der Waals surface area (Å²) in [6.45, 7) is 13.8. The normalized spacial score (nSPS) is 16.5. The van der Waals surface area contributed by atoms with Gasteiger partial charge in [-0.25, -0.2) is 0 Å². The Morgan fingerprint density at radius 1 is 1.05 bits per heavy atom. The molecule has 0 amide bonds. The van der Waals surface area contributed by atoms with Crippen LogP contribution in [0, 0.1) is 5.92 Å². The van der Waals surface area contributed by atoms with E-state index in [4.69, 9.17) is 0 Å². The third kappa shape index (κ3) is 5.24. The van der Waals surface area contributed by atoms with Crippen LogP contribution in [-0.2, 0) is 0 Å². The molecule has 0 atom stereocenters. The van der Waals surface area contributed by atoms with Crippen molar-refractivity contribution in [2.24, 2.45) is 5.92 Å². The van der Waals surface area contributed by atoms with Crippen molar-refractivity contribution in [1.82, 2.24) is 4.90 Å². The van der Waals surface area contributed by atoms with Gasteiger partial charge in [0.2, 0.25) is 0 Å². The number of benzene rings is 1. The summed E-state index contributed by atoms with van der Waals surface area (Å²) in [4.78, 5) is 5.07. The molecule has 1 aliphatic rings. The first-order valence-corrected chi connectivity index (χ1v) is 8.50. The van der Waals surface area contributed by atoms with Crippen molar-refractivity contribution in [3.8, 4) is 0 Å². The van der Waals surface area contributed by atoms with E-state index >= 15 is 0 Å². The average molecular weight is 289 g/mol. The SMILES string of the molecule is CCCN1CCN(c2ccc(NCCC(C)C)cc2)CC1. The molecule has 0 saturated carbocycles. The molecule has 0 unspecified atom stereocenters. The summed E-state index contributed by atoms with van der Waals surface area (Å²) in [7, 11) is 0. The van der Waals surface area contributed by atoms with Gasteiger partial charge in [-0.05, 0) is 49.6 Å². The van der Waals surface area contributed by atoms with E-state index in [-0.39, 0.29) is 0 Å². The highest BCUT2D eigenvalue weighted by Crippen LogP contribution is 2.19. The molecule has 0 radical (unpaired) electrons. The van der Waals surface area contributed by atoms with Gasteiger partial charge >= 0.3 is 0 Å². The Morgan fingerprint density at radius 2 is 1.71 bits per heavy atom. The minimum absolute atomic E-state index is 0.760. The van der Waals surface area contributed by atoms with Gasteiger partial charge < -0.3 is 10.2 Å². The first-order valence-electron chi connectivity index (χ1n) is 8.50. The Bertz CT molecular complexity index is 391. The topological polar surface area (TPSA) is 18.5 Å². The van der Waals surface area contributed by atoms with Gasteiger partial charge in [0.05, 0.1) is 0 Å². The van der Waals surface area contributed by atoms with Gasteiger partial charge in [0.15, 0.2) is 0 Å². The largest absolute Gasteiger partial charge is 0.385 e. The van der Waals surface area contributed by atoms with Crippen LogP contribution in [0.1, 0.15) is 33.6 Å². The van der Waals surface area contributed by atoms with Crippen molar-refractivity contribution in [2.75, 3.05) is 49.5 Å². The molecular weight excluding hydrogens is 258 g/mol. The van der Waals surface area contributed by atoms with Gasteiger partial charge in [-0.3, -0.25) is 4.90 Å². The monoisotopic (exact) mass is 289 g/mol. The van der Waals surface area contributed by atoms with Crippen molar-refractivity contribution >= 4 is 11.4 Å². The molecule has 2 rings (SSSR count). The Labute approximate surface area is 130 Å². The zero-order chi connectivity index (χ0) is 15.1. The maximum absolute atomic E-state index is 3.50. The first-order chi connectivity index (χ1) is 10.2. The van der Waals surface area contributed by atoms with Crippen LogP contribution in [0.2, 0.25) is 0 Å². The van der Waals surface area contributed by atoms with Gasteiger partial charge in [-0.15, -0.1) is 0 Å². The summed E-state index contributed by atoms with van der Waals surface area (Å²) < 4.78 is 0. The van der Waals surface area contributed by atoms with Crippen molar-refractivity contribution in [1.29, 1.82) is 0 Å². The maximum Gasteiger partial charge on any atom is 0.0368 e. The molecule has 0 spiro atoms. The fourth-order valence-electron chi connectivity index (χ4n) is 2.84. The highest BCUT2D eigenvalue weighted by Gasteiger charge is 2.16. The molecule has 0 bridgehead atoms. The fourth-order valence-corrected chi connectivity index (χ4v) is 2.84. The number of anilines is 2. The summed E-state index contributed by atoms with van der Waals surface area (Å²) in [5.41, 5.74) is 2.60. The fraction of sp³-hybridized carbons (Fsp3) is 0.667. The molecule has 118 valence electrons. The Hall–Kier alpha value is -1.22. The highest BCUT2D eigenvalue weighted by atomic mass is 15.3. The third-order valence-corrected chi connectivity index (χ3v) is 4.20. The summed E-state index contributed by atoms with van der Waals surface area (Å²) in [6.07, 6.45) is 2.48. The lowest BCUT2D eigenvalue weighted by atomic mass is 10.1. The van der Waals surface area contributed by atoms with E-state index in [1.54, 1.807) is 0 Å². The molecule has 1 aromatic rings. The molecule has 1 aromatic carbocycles. The minimum Gasteiger partial charge on any atom is -0.385 e. The lowest BCUT2D eigenvalue weighted by molar-refractivity contribution is 0.258. The van der Waals surface area contributed by atoms with Crippen LogP contribution >= 0.6 is 0 Å². The molecule has 3 nitrogen and oxygen atoms in total. The van der Waals surface area contributed by atoms with Crippen LogP contribution in [0.25, 0.3) is 0 Å². The Balaban J connectivity index is 1.79. The smallest absolute Gasteiger partial charge is 0.0368 e. The zero-order valence-electron chi connectivity index (χ0n) is 13.9. The van der Waals surface area contributed by atoms with Gasteiger partial charge in [-0.1, -0.05) is 20.8 Å². The lowest BCUT2D eigenvalue weighted by Gasteiger charge is -2.36. The van der Waals surface area contributed by atoms with E-state index in [0.717, 1.165) is 25.6 Å². The third-order valence-electron chi connectivity index (χ3n) is 4.20. The standard InChI is InChI=1S/C18H31N3/c1-4-11-20-12-14-21(15-13-20)18-7-5-17(6-8-18)19-10-9-16(2)3/h5-8,16,19H,4,9-15H2,1-3H3. The quantitative estimate of drug-likeness (QED) is 0.826. The average Bonchev–Trinajstić information content (AvgIpc) is 2.49. The second-order valence-corrected chi connectivity index (χ2v) is 6.48. The highest BCUT2D eigenvalue weighted by molar-refractivity contribution is 5.55. The van der Waals surface area contributed by atoms with E-state index in [1.807, 2.05) is 0 Å². The number of nitrogens with one attached hydrogen (secondary N) is 1. The molecule has 1 aliphatic heterocycles. The zero-order valence-corrected chi connectivity index (χ0v) is 13.9. The molecule has 1 saturated heterocycles. The summed E-state index contributed by atoms with van der Waals surface area (Å²) >= 11 is 0. The molecule has 3 heteroatoms. The second-order valence-electron chi connectivity index (χ2n) is 6.48. The Morgan fingerprint density at radius 3 is 2.29 bits per heavy atom. The van der Waals surface area contributed by atoms with Crippen LogP contribution in [-0.4, -0.2) is 44.2 Å². The number of hydrogen-bond donors (Lipinski definition) is 1. The summed E-state index contributed by atoms with van der Waals surface area (Å²) in [5.74, 6) is 0.760. The maximum atomic E-state index is 3.50. The van der Waals surface area contributed by atoms with Crippen molar-refractivity contribution in [2.45, 2.75) is 33.6 Å². The van der Waals surface area contributed by atoms with Crippen LogP contribution in [0.5, 0.6) is 0 Å². The number of hydrogen-bond acceptors (Lipinski definition) is 3. The lowest BCUT2D eigenvalue weighted by Crippen LogP contribution is -2.46. The van der Waals surface area contributed by atoms with E-state index in [0.29, 0.717) is 0 Å². The predicted octanol–water partition coefficient (Wildman–Crippen LogP) is 3.68. The number of piperazine rings is 1. The summed E-state index contributed by atoms with van der Waals surface area (Å²) in [5, 5.41) is 3.50. The van der Waals surface area contributed by atoms with E-state index < -0.39 is 0 Å². The van der Waals surface area contributed by atoms with E-state index in [1.165, 1.54) is 43.9 Å². The van der Waals surface area contributed by atoms with Gasteiger partial charge in [0, 0.05) is 44.1 Å². The van der Waals surface area contributed by atoms with Crippen molar-refractivity contribution in [3.63, 3.8) is 0 Å². The molecule has 0 aliphatic carbocycles. The molecule has 0 aromatic heterocycles. The second kappa shape index (κ2) is 8.28. The van der Waals surface area contributed by atoms with Crippen LogP contribution in [0.4, 0.5) is 11.4 Å². The predicted molar refractivity (Wildman–Crippen MR) is 93.3 cm³/mol. The number of rotatable bonds is 7. The van der Waals surface area contributed by atoms with Crippen molar-refractivity contribution in [3.05, 3.63) is 24.3 Å². The van der Waals surface area contributed by atoms with Crippen LogP contribution < -0.4 is 10.2 Å². The van der Waals surface area contributed by atoms with Gasteiger partial charge in [-0.2, -0.15) is 0 Å². The number of nitrogens with zero attached hydrogens (tertiary/aromatic N) is 2. The van der Waals surface area contributed by atoms with Gasteiger partial charge in [0.25, 0.3) is 0 Å². The summed E-state index contributed by atoms with van der Waals surface area (Å²) in [6, 6.07) is 8.95.